The fourth-order valence-electron chi connectivity index (χ4n) is 1.31. The van der Waals surface area contributed by atoms with Crippen LogP contribution in [-0.4, -0.2) is 26.0 Å². The Labute approximate surface area is 101 Å². The summed E-state index contributed by atoms with van der Waals surface area (Å²) in [4.78, 5) is 22.9. The number of hydrogen-bond acceptors (Lipinski definition) is 6. The monoisotopic (exact) mass is 250 g/mol. The first kappa shape index (κ1) is 11.5. The van der Waals surface area contributed by atoms with Gasteiger partial charge in [-0.1, -0.05) is 0 Å². The van der Waals surface area contributed by atoms with Gasteiger partial charge in [0.15, 0.2) is 10.8 Å². The molecule has 0 aliphatic carbocycles. The van der Waals surface area contributed by atoms with Crippen LogP contribution in [0.5, 0.6) is 0 Å². The molecule has 2 N–H and O–H groups in total. The van der Waals surface area contributed by atoms with E-state index in [9.17, 15) is 4.79 Å². The second-order valence-electron chi connectivity index (χ2n) is 3.44. The van der Waals surface area contributed by atoms with Crippen molar-refractivity contribution < 1.29 is 9.90 Å². The second kappa shape index (κ2) is 4.46. The molecule has 2 aromatic heterocycles. The van der Waals surface area contributed by atoms with Crippen LogP contribution in [-0.2, 0) is 0 Å². The highest BCUT2D eigenvalue weighted by molar-refractivity contribution is 7.14. The van der Waals surface area contributed by atoms with Crippen LogP contribution in [0.15, 0.2) is 11.4 Å². The van der Waals surface area contributed by atoms with Crippen molar-refractivity contribution in [3.63, 3.8) is 0 Å². The van der Waals surface area contributed by atoms with E-state index in [2.05, 4.69) is 20.3 Å². The van der Waals surface area contributed by atoms with Crippen molar-refractivity contribution in [2.75, 3.05) is 5.32 Å². The van der Waals surface area contributed by atoms with Crippen LogP contribution < -0.4 is 5.32 Å². The van der Waals surface area contributed by atoms with Crippen LogP contribution in [0, 0.1) is 13.8 Å². The Balaban J connectivity index is 2.22. The smallest absolute Gasteiger partial charge is 0.355 e. The van der Waals surface area contributed by atoms with E-state index in [4.69, 9.17) is 5.11 Å². The minimum absolute atomic E-state index is 0.0156. The third-order valence-electron chi connectivity index (χ3n) is 1.92. The topological polar surface area (TPSA) is 88.0 Å². The summed E-state index contributed by atoms with van der Waals surface area (Å²) in [6.07, 6.45) is 0. The lowest BCUT2D eigenvalue weighted by atomic mass is 10.4. The molecule has 0 bridgehead atoms. The van der Waals surface area contributed by atoms with Gasteiger partial charge < -0.3 is 10.4 Å². The summed E-state index contributed by atoms with van der Waals surface area (Å²) in [7, 11) is 0. The van der Waals surface area contributed by atoms with Gasteiger partial charge in [-0.15, -0.1) is 11.3 Å². The number of nitrogens with zero attached hydrogens (tertiary/aromatic N) is 3. The minimum Gasteiger partial charge on any atom is -0.476 e. The lowest BCUT2D eigenvalue weighted by molar-refractivity contribution is 0.0691. The number of aromatic nitrogens is 3. The van der Waals surface area contributed by atoms with Gasteiger partial charge in [-0.2, -0.15) is 0 Å². The second-order valence-corrected chi connectivity index (χ2v) is 4.30. The fourth-order valence-corrected chi connectivity index (χ4v) is 1.98. The van der Waals surface area contributed by atoms with Crippen molar-refractivity contribution >= 4 is 28.4 Å². The van der Waals surface area contributed by atoms with Crippen molar-refractivity contribution in [3.05, 3.63) is 28.5 Å². The molecule has 6 nitrogen and oxygen atoms in total. The molecule has 0 aromatic carbocycles. The predicted molar refractivity (Wildman–Crippen MR) is 63.9 cm³/mol. The van der Waals surface area contributed by atoms with Gasteiger partial charge in [0.05, 0.1) is 0 Å². The predicted octanol–water partition coefficient (Wildman–Crippen LogP) is 1.99. The molecule has 0 aliphatic rings. The molecule has 0 saturated heterocycles. The standard InChI is InChI=1S/C10H10N4O2S/c1-5-3-6(2)12-9(11-5)14-10-13-7(4-17-10)8(15)16/h3-4H,1-2H3,(H,15,16)(H,11,12,13,14). The van der Waals surface area contributed by atoms with E-state index in [0.717, 1.165) is 11.4 Å². The van der Waals surface area contributed by atoms with E-state index < -0.39 is 5.97 Å². The maximum atomic E-state index is 10.7. The van der Waals surface area contributed by atoms with Crippen molar-refractivity contribution in [1.29, 1.82) is 0 Å². The highest BCUT2D eigenvalue weighted by Crippen LogP contribution is 2.19. The van der Waals surface area contributed by atoms with Gasteiger partial charge in [0.2, 0.25) is 5.95 Å². The number of anilines is 2. The Morgan fingerprint density at radius 1 is 1.29 bits per heavy atom. The van der Waals surface area contributed by atoms with Crippen LogP contribution in [0.4, 0.5) is 11.1 Å². The summed E-state index contributed by atoms with van der Waals surface area (Å²) in [6.45, 7) is 3.73. The number of carbonyl (C=O) groups is 1. The third-order valence-corrected chi connectivity index (χ3v) is 2.68. The van der Waals surface area contributed by atoms with Gasteiger partial charge in [0.25, 0.3) is 0 Å². The van der Waals surface area contributed by atoms with Crippen LogP contribution in [0.2, 0.25) is 0 Å². The largest absolute Gasteiger partial charge is 0.476 e. The first-order valence-electron chi connectivity index (χ1n) is 4.83. The highest BCUT2D eigenvalue weighted by Gasteiger charge is 2.09. The SMILES string of the molecule is Cc1cc(C)nc(Nc2nc(C(=O)O)cs2)n1. The molecule has 0 unspecified atom stereocenters. The van der Waals surface area contributed by atoms with Gasteiger partial charge >= 0.3 is 5.97 Å². The summed E-state index contributed by atoms with van der Waals surface area (Å²) < 4.78 is 0. The Morgan fingerprint density at radius 2 is 1.94 bits per heavy atom. The molecule has 0 atom stereocenters. The van der Waals surface area contributed by atoms with Crippen LogP contribution in [0.25, 0.3) is 0 Å². The minimum atomic E-state index is -1.05. The first-order valence-corrected chi connectivity index (χ1v) is 5.70. The van der Waals surface area contributed by atoms with E-state index in [-0.39, 0.29) is 5.69 Å². The van der Waals surface area contributed by atoms with Gasteiger partial charge in [-0.25, -0.2) is 19.7 Å². The molecule has 2 heterocycles. The van der Waals surface area contributed by atoms with Crippen molar-refractivity contribution in [2.24, 2.45) is 0 Å². The molecule has 0 saturated carbocycles. The lowest BCUT2D eigenvalue weighted by Crippen LogP contribution is -2.01. The molecule has 0 spiro atoms. The number of carboxylic acid groups (broad SMARTS) is 1. The Bertz CT molecular complexity index is 547. The zero-order valence-electron chi connectivity index (χ0n) is 9.26. The summed E-state index contributed by atoms with van der Waals surface area (Å²) >= 11 is 1.20. The molecule has 88 valence electrons. The normalized spacial score (nSPS) is 10.2. The van der Waals surface area contributed by atoms with Crippen molar-refractivity contribution in [3.8, 4) is 0 Å². The Hall–Kier alpha value is -2.02. The maximum absolute atomic E-state index is 10.7. The van der Waals surface area contributed by atoms with Gasteiger partial charge in [-0.3, -0.25) is 0 Å². The van der Waals surface area contributed by atoms with Crippen molar-refractivity contribution in [2.45, 2.75) is 13.8 Å². The number of carboxylic acids is 1. The number of hydrogen-bond donors (Lipinski definition) is 2. The number of nitrogens with one attached hydrogen (secondary N) is 1. The summed E-state index contributed by atoms with van der Waals surface area (Å²) in [6, 6.07) is 1.86. The van der Waals surface area contributed by atoms with E-state index in [1.165, 1.54) is 16.7 Å². The quantitative estimate of drug-likeness (QED) is 0.866. The zero-order valence-corrected chi connectivity index (χ0v) is 10.1. The molecule has 7 heteroatoms. The van der Waals surface area contributed by atoms with Gasteiger partial charge in [-0.05, 0) is 19.9 Å². The number of thiazole rings is 1. The molecule has 0 fully saturated rings. The summed E-state index contributed by atoms with van der Waals surface area (Å²) in [5.74, 6) is -0.621. The van der Waals surface area contributed by atoms with Crippen molar-refractivity contribution in [1.82, 2.24) is 15.0 Å². The fraction of sp³-hybridized carbons (Fsp3) is 0.200. The Kier molecular flexibility index (Phi) is 3.01. The molecule has 0 aliphatic heterocycles. The lowest BCUT2D eigenvalue weighted by Gasteiger charge is -2.02. The van der Waals surface area contributed by atoms with Gasteiger partial charge in [0.1, 0.15) is 0 Å². The average Bonchev–Trinajstić information content (AvgIpc) is 2.64. The van der Waals surface area contributed by atoms with Crippen LogP contribution in [0.3, 0.4) is 0 Å². The molecule has 2 rings (SSSR count). The van der Waals surface area contributed by atoms with E-state index in [1.807, 2.05) is 19.9 Å². The van der Waals surface area contributed by atoms with E-state index in [1.54, 1.807) is 0 Å². The van der Waals surface area contributed by atoms with Crippen LogP contribution >= 0.6 is 11.3 Å². The summed E-state index contributed by atoms with van der Waals surface area (Å²) in [5, 5.41) is 13.6. The molecule has 0 radical (unpaired) electrons. The van der Waals surface area contributed by atoms with Crippen LogP contribution in [0.1, 0.15) is 21.9 Å². The first-order chi connectivity index (χ1) is 8.04. The van der Waals surface area contributed by atoms with E-state index in [0.29, 0.717) is 11.1 Å². The van der Waals surface area contributed by atoms with E-state index >= 15 is 0 Å². The average molecular weight is 250 g/mol. The molecule has 2 aromatic rings. The summed E-state index contributed by atoms with van der Waals surface area (Å²) in [5.41, 5.74) is 1.70. The number of aromatic carboxylic acids is 1. The number of aryl methyl sites for hydroxylation is 2. The molecular weight excluding hydrogens is 240 g/mol. The Morgan fingerprint density at radius 3 is 2.47 bits per heavy atom. The van der Waals surface area contributed by atoms with Gasteiger partial charge in [0, 0.05) is 16.8 Å². The highest BCUT2D eigenvalue weighted by atomic mass is 32.1. The molecular formula is C10H10N4O2S. The molecule has 0 amide bonds. The third kappa shape index (κ3) is 2.76. The zero-order chi connectivity index (χ0) is 12.4. The molecule has 17 heavy (non-hydrogen) atoms. The maximum Gasteiger partial charge on any atom is 0.355 e. The number of rotatable bonds is 3.